The second-order valence-electron chi connectivity index (χ2n) is 6.81. The summed E-state index contributed by atoms with van der Waals surface area (Å²) in [6.07, 6.45) is -8.76. The fourth-order valence-electron chi connectivity index (χ4n) is 2.87. The van der Waals surface area contributed by atoms with Crippen LogP contribution in [0.15, 0.2) is 42.5 Å². The molecule has 0 radical (unpaired) electrons. The molecule has 0 saturated carbocycles. The van der Waals surface area contributed by atoms with Crippen molar-refractivity contribution in [1.82, 2.24) is 5.32 Å². The van der Waals surface area contributed by atoms with Crippen molar-refractivity contribution in [3.63, 3.8) is 0 Å². The summed E-state index contributed by atoms with van der Waals surface area (Å²) in [7, 11) is -4.23. The average Bonchev–Trinajstić information content (AvgIpc) is 2.65. The van der Waals surface area contributed by atoms with Gasteiger partial charge in [0.2, 0.25) is 15.9 Å². The second-order valence-corrected chi connectivity index (χ2v) is 9.08. The summed E-state index contributed by atoms with van der Waals surface area (Å²) in [6, 6.07) is 4.97. The van der Waals surface area contributed by atoms with Crippen LogP contribution in [0.25, 0.3) is 0 Å². The van der Waals surface area contributed by atoms with Gasteiger partial charge in [-0.15, -0.1) is 0 Å². The van der Waals surface area contributed by atoms with Gasteiger partial charge in [0, 0.05) is 6.54 Å². The molecule has 0 aliphatic heterocycles. The first-order valence-electron chi connectivity index (χ1n) is 8.82. The van der Waals surface area contributed by atoms with Crippen molar-refractivity contribution in [2.75, 3.05) is 10.6 Å². The zero-order chi connectivity index (χ0) is 24.5. The van der Waals surface area contributed by atoms with E-state index in [4.69, 9.17) is 11.6 Å². The molecular weight excluding hydrogens is 486 g/mol. The van der Waals surface area contributed by atoms with Crippen molar-refractivity contribution in [3.8, 4) is 0 Å². The van der Waals surface area contributed by atoms with Crippen LogP contribution in [-0.4, -0.2) is 26.6 Å². The van der Waals surface area contributed by atoms with Gasteiger partial charge < -0.3 is 5.32 Å². The van der Waals surface area contributed by atoms with Crippen LogP contribution in [0.5, 0.6) is 0 Å². The Labute approximate surface area is 185 Å². The molecule has 2 aromatic rings. The molecule has 2 aromatic carbocycles. The summed E-state index contributed by atoms with van der Waals surface area (Å²) in [6.45, 7) is 0.767. The molecule has 1 N–H and O–H groups in total. The number of nitrogens with zero attached hydrogens (tertiary/aromatic N) is 1. The number of halogens is 7. The van der Waals surface area contributed by atoms with Gasteiger partial charge in [0.1, 0.15) is 6.04 Å². The van der Waals surface area contributed by atoms with E-state index in [2.05, 4.69) is 5.32 Å². The van der Waals surface area contributed by atoms with Crippen LogP contribution in [0, 0.1) is 0 Å². The van der Waals surface area contributed by atoms with Crippen molar-refractivity contribution in [3.05, 3.63) is 64.2 Å². The SMILES string of the molecule is C[C@H](C(=O)NCc1cccc(C(F)(F)F)c1)N(c1ccc(Cl)c(C(F)(F)F)c1)S(C)(=O)=O. The van der Waals surface area contributed by atoms with Gasteiger partial charge in [-0.3, -0.25) is 9.10 Å². The minimum atomic E-state index is -4.87. The van der Waals surface area contributed by atoms with Crippen LogP contribution < -0.4 is 9.62 Å². The van der Waals surface area contributed by atoms with E-state index in [1.54, 1.807) is 0 Å². The Kier molecular flexibility index (Phi) is 7.40. The third-order valence-electron chi connectivity index (χ3n) is 4.32. The van der Waals surface area contributed by atoms with Crippen molar-refractivity contribution in [2.45, 2.75) is 31.9 Å². The van der Waals surface area contributed by atoms with Gasteiger partial charge in [-0.25, -0.2) is 8.42 Å². The van der Waals surface area contributed by atoms with E-state index in [1.165, 1.54) is 6.07 Å². The van der Waals surface area contributed by atoms with Crippen molar-refractivity contribution >= 4 is 33.2 Å². The molecular formula is C19H17ClF6N2O3S. The number of carbonyl (C=O) groups excluding carboxylic acids is 1. The molecule has 176 valence electrons. The van der Waals surface area contributed by atoms with Gasteiger partial charge in [-0.2, -0.15) is 26.3 Å². The maximum absolute atomic E-state index is 13.2. The fraction of sp³-hybridized carbons (Fsp3) is 0.316. The highest BCUT2D eigenvalue weighted by Crippen LogP contribution is 2.37. The lowest BCUT2D eigenvalue weighted by atomic mass is 10.1. The smallest absolute Gasteiger partial charge is 0.350 e. The van der Waals surface area contributed by atoms with E-state index < -0.39 is 56.2 Å². The number of nitrogens with one attached hydrogen (secondary N) is 1. The minimum Gasteiger partial charge on any atom is -0.350 e. The summed E-state index contributed by atoms with van der Waals surface area (Å²) in [5.41, 5.74) is -2.58. The Bertz CT molecular complexity index is 1100. The Morgan fingerprint density at radius 2 is 1.69 bits per heavy atom. The number of anilines is 1. The predicted molar refractivity (Wildman–Crippen MR) is 107 cm³/mol. The normalized spacial score (nSPS) is 13.5. The lowest BCUT2D eigenvalue weighted by Gasteiger charge is -2.29. The molecule has 0 heterocycles. The van der Waals surface area contributed by atoms with Gasteiger partial charge in [0.15, 0.2) is 0 Å². The molecule has 2 rings (SSSR count). The first-order chi connectivity index (χ1) is 14.5. The van der Waals surface area contributed by atoms with E-state index in [0.29, 0.717) is 16.6 Å². The second kappa shape index (κ2) is 9.18. The lowest BCUT2D eigenvalue weighted by molar-refractivity contribution is -0.138. The fourth-order valence-corrected chi connectivity index (χ4v) is 4.26. The molecule has 0 unspecified atom stereocenters. The van der Waals surface area contributed by atoms with E-state index in [0.717, 1.165) is 37.3 Å². The number of hydrogen-bond donors (Lipinski definition) is 1. The van der Waals surface area contributed by atoms with E-state index >= 15 is 0 Å². The van der Waals surface area contributed by atoms with E-state index in [-0.39, 0.29) is 12.1 Å². The molecule has 5 nitrogen and oxygen atoms in total. The highest BCUT2D eigenvalue weighted by molar-refractivity contribution is 7.92. The van der Waals surface area contributed by atoms with Gasteiger partial charge >= 0.3 is 12.4 Å². The molecule has 0 bridgehead atoms. The summed E-state index contributed by atoms with van der Waals surface area (Å²) < 4.78 is 103. The molecule has 0 spiro atoms. The molecule has 0 aliphatic carbocycles. The number of benzene rings is 2. The number of amides is 1. The zero-order valence-electron chi connectivity index (χ0n) is 16.6. The lowest BCUT2D eigenvalue weighted by Crippen LogP contribution is -2.47. The van der Waals surface area contributed by atoms with Gasteiger partial charge in [-0.05, 0) is 42.8 Å². The number of sulfonamides is 1. The van der Waals surface area contributed by atoms with Crippen LogP contribution in [0.3, 0.4) is 0 Å². The quantitative estimate of drug-likeness (QED) is 0.574. The summed E-state index contributed by atoms with van der Waals surface area (Å²) >= 11 is 5.56. The highest BCUT2D eigenvalue weighted by Gasteiger charge is 2.36. The number of hydrogen-bond acceptors (Lipinski definition) is 3. The van der Waals surface area contributed by atoms with Crippen LogP contribution in [0.2, 0.25) is 5.02 Å². The summed E-state index contributed by atoms with van der Waals surface area (Å²) in [4.78, 5) is 12.5. The van der Waals surface area contributed by atoms with E-state index in [1.807, 2.05) is 0 Å². The largest absolute Gasteiger partial charge is 0.417 e. The Morgan fingerprint density at radius 1 is 1.06 bits per heavy atom. The molecule has 0 saturated heterocycles. The third-order valence-corrected chi connectivity index (χ3v) is 5.89. The third kappa shape index (κ3) is 6.28. The number of alkyl halides is 6. The van der Waals surface area contributed by atoms with Crippen molar-refractivity contribution < 1.29 is 39.6 Å². The summed E-state index contributed by atoms with van der Waals surface area (Å²) in [5.74, 6) is -0.934. The van der Waals surface area contributed by atoms with Crippen molar-refractivity contribution in [2.24, 2.45) is 0 Å². The van der Waals surface area contributed by atoms with Crippen LogP contribution in [0.1, 0.15) is 23.6 Å². The van der Waals surface area contributed by atoms with Gasteiger partial charge in [-0.1, -0.05) is 23.7 Å². The van der Waals surface area contributed by atoms with E-state index in [9.17, 15) is 39.6 Å². The number of carbonyl (C=O) groups is 1. The molecule has 0 fully saturated rings. The van der Waals surface area contributed by atoms with Gasteiger partial charge in [0.25, 0.3) is 0 Å². The van der Waals surface area contributed by atoms with Crippen LogP contribution in [-0.2, 0) is 33.7 Å². The molecule has 0 aliphatic rings. The number of rotatable bonds is 6. The molecule has 13 heteroatoms. The first-order valence-corrected chi connectivity index (χ1v) is 11.0. The monoisotopic (exact) mass is 502 g/mol. The first kappa shape index (κ1) is 25.8. The predicted octanol–water partition coefficient (Wildman–Crippen LogP) is 4.85. The Hall–Kier alpha value is -2.47. The maximum atomic E-state index is 13.2. The highest BCUT2D eigenvalue weighted by atomic mass is 35.5. The molecule has 1 amide bonds. The topological polar surface area (TPSA) is 66.5 Å². The molecule has 1 atom stereocenters. The van der Waals surface area contributed by atoms with Crippen LogP contribution in [0.4, 0.5) is 32.0 Å². The summed E-state index contributed by atoms with van der Waals surface area (Å²) in [5, 5.41) is 1.64. The standard InChI is InChI=1S/C19H17ClF6N2O3S/c1-11(17(29)27-10-12-4-3-5-13(8-12)18(21,22)23)28(32(2,30)31)14-6-7-16(20)15(9-14)19(24,25)26/h3-9,11H,10H2,1-2H3,(H,27,29)/t11-/m1/s1. The van der Waals surface area contributed by atoms with Crippen LogP contribution >= 0.6 is 11.6 Å². The molecule has 0 aromatic heterocycles. The molecule has 32 heavy (non-hydrogen) atoms. The van der Waals surface area contributed by atoms with Gasteiger partial charge in [0.05, 0.1) is 28.1 Å². The Balaban J connectivity index is 2.30. The minimum absolute atomic E-state index is 0.0946. The average molecular weight is 503 g/mol. The zero-order valence-corrected chi connectivity index (χ0v) is 18.1. The Morgan fingerprint density at radius 3 is 2.22 bits per heavy atom. The van der Waals surface area contributed by atoms with Crippen molar-refractivity contribution in [1.29, 1.82) is 0 Å². The maximum Gasteiger partial charge on any atom is 0.417 e.